The van der Waals surface area contributed by atoms with E-state index in [0.29, 0.717) is 5.75 Å². The van der Waals surface area contributed by atoms with Crippen LogP contribution in [0.2, 0.25) is 0 Å². The number of hydrogen-bond acceptors (Lipinski definition) is 12. The second-order valence-corrected chi connectivity index (χ2v) is 10.1. The molecule has 0 radical (unpaired) electrons. The van der Waals surface area contributed by atoms with Crippen molar-refractivity contribution in [2.75, 3.05) is 39.5 Å². The standard InChI is InChI=1S/C20H33NO9S2.ClH/c22-8-17(26)19(28)15(24)6-21(7-16(25)20(29)18(27)9-23)3-4-30-14-2-1-12-10-31-32-11-13(12)5-14;/h1-2,5,15-20,22-29H,3-4,6-11H2;1H/t15-,16-,17-,18-,19-,20-;/m1./s1. The third-order valence-electron chi connectivity index (χ3n) is 5.21. The van der Waals surface area contributed by atoms with E-state index in [1.165, 1.54) is 16.0 Å². The molecule has 2 rings (SSSR count). The van der Waals surface area contributed by atoms with Crippen LogP contribution in [0.25, 0.3) is 0 Å². The van der Waals surface area contributed by atoms with Crippen LogP contribution in [0.4, 0.5) is 0 Å². The zero-order chi connectivity index (χ0) is 23.7. The predicted molar refractivity (Wildman–Crippen MR) is 128 cm³/mol. The molecule has 1 aliphatic rings. The molecule has 0 saturated heterocycles. The average molecular weight is 532 g/mol. The summed E-state index contributed by atoms with van der Waals surface area (Å²) in [6, 6.07) is 5.85. The zero-order valence-corrected chi connectivity index (χ0v) is 20.5. The van der Waals surface area contributed by atoms with Gasteiger partial charge in [-0.25, -0.2) is 0 Å². The molecule has 10 nitrogen and oxygen atoms in total. The van der Waals surface area contributed by atoms with E-state index in [1.807, 2.05) is 18.2 Å². The summed E-state index contributed by atoms with van der Waals surface area (Å²) < 4.78 is 5.80. The van der Waals surface area contributed by atoms with Gasteiger partial charge in [0.1, 0.15) is 36.8 Å². The predicted octanol–water partition coefficient (Wildman–Crippen LogP) is -1.67. The van der Waals surface area contributed by atoms with E-state index < -0.39 is 49.8 Å². The molecule has 0 bridgehead atoms. The van der Waals surface area contributed by atoms with Crippen molar-refractivity contribution in [2.45, 2.75) is 48.1 Å². The maximum absolute atomic E-state index is 10.2. The Bertz CT molecular complexity index is 669. The highest BCUT2D eigenvalue weighted by molar-refractivity contribution is 8.76. The first-order valence-electron chi connectivity index (χ1n) is 10.3. The van der Waals surface area contributed by atoms with Crippen molar-refractivity contribution < 1.29 is 45.6 Å². The van der Waals surface area contributed by atoms with E-state index in [-0.39, 0.29) is 38.6 Å². The molecule has 1 aliphatic heterocycles. The molecule has 0 unspecified atom stereocenters. The normalized spacial score (nSPS) is 19.1. The van der Waals surface area contributed by atoms with Crippen LogP contribution < -0.4 is 4.74 Å². The van der Waals surface area contributed by atoms with Crippen molar-refractivity contribution >= 4 is 34.0 Å². The monoisotopic (exact) mass is 531 g/mol. The third-order valence-corrected chi connectivity index (χ3v) is 7.44. The molecule has 0 fully saturated rings. The van der Waals surface area contributed by atoms with Crippen LogP contribution in [0.5, 0.6) is 5.75 Å². The second-order valence-electron chi connectivity index (χ2n) is 7.68. The molecule has 192 valence electrons. The van der Waals surface area contributed by atoms with Crippen LogP contribution in [0.3, 0.4) is 0 Å². The Kier molecular flexibility index (Phi) is 14.5. The smallest absolute Gasteiger partial charge is 0.119 e. The van der Waals surface area contributed by atoms with Gasteiger partial charge in [-0.2, -0.15) is 0 Å². The van der Waals surface area contributed by atoms with E-state index >= 15 is 0 Å². The van der Waals surface area contributed by atoms with Crippen LogP contribution in [0, 0.1) is 0 Å². The molecule has 8 N–H and O–H groups in total. The number of hydrogen-bond donors (Lipinski definition) is 8. The lowest BCUT2D eigenvalue weighted by atomic mass is 10.1. The van der Waals surface area contributed by atoms with Gasteiger partial charge in [0, 0.05) is 31.1 Å². The molecule has 33 heavy (non-hydrogen) atoms. The molecule has 1 aromatic rings. The zero-order valence-electron chi connectivity index (χ0n) is 18.0. The van der Waals surface area contributed by atoms with Crippen LogP contribution in [0.15, 0.2) is 18.2 Å². The number of rotatable bonds is 14. The van der Waals surface area contributed by atoms with Crippen LogP contribution in [-0.2, 0) is 11.5 Å². The number of halogens is 1. The minimum Gasteiger partial charge on any atom is -0.492 e. The fourth-order valence-electron chi connectivity index (χ4n) is 3.20. The average Bonchev–Trinajstić information content (AvgIpc) is 2.81. The molecule has 6 atom stereocenters. The number of aliphatic hydroxyl groups excluding tert-OH is 8. The van der Waals surface area contributed by atoms with E-state index in [4.69, 9.17) is 14.9 Å². The molecule has 1 heterocycles. The molecule has 0 spiro atoms. The van der Waals surface area contributed by atoms with Crippen LogP contribution >= 0.6 is 34.0 Å². The highest BCUT2D eigenvalue weighted by Crippen LogP contribution is 2.38. The molecule has 0 amide bonds. The fourth-order valence-corrected chi connectivity index (χ4v) is 5.43. The van der Waals surface area contributed by atoms with Gasteiger partial charge in [0.15, 0.2) is 0 Å². The fraction of sp³-hybridized carbons (Fsp3) is 0.700. The first kappa shape index (κ1) is 30.7. The number of fused-ring (bicyclic) bond motifs is 1. The molecular formula is C20H34ClNO9S2. The van der Waals surface area contributed by atoms with Gasteiger partial charge in [-0.05, 0) is 23.3 Å². The van der Waals surface area contributed by atoms with E-state index in [0.717, 1.165) is 11.5 Å². The van der Waals surface area contributed by atoms with Gasteiger partial charge in [0.05, 0.1) is 25.4 Å². The van der Waals surface area contributed by atoms with Crippen molar-refractivity contribution in [3.63, 3.8) is 0 Å². The number of nitrogens with zero attached hydrogens (tertiary/aromatic N) is 1. The highest BCUT2D eigenvalue weighted by atomic mass is 35.5. The Balaban J connectivity index is 0.00000544. The maximum atomic E-state index is 10.2. The third kappa shape index (κ3) is 9.67. The molecule has 1 aromatic carbocycles. The van der Waals surface area contributed by atoms with Gasteiger partial charge in [-0.3, -0.25) is 4.90 Å². The van der Waals surface area contributed by atoms with Crippen LogP contribution in [0.1, 0.15) is 11.1 Å². The first-order valence-corrected chi connectivity index (χ1v) is 12.8. The Labute approximate surface area is 207 Å². The van der Waals surface area contributed by atoms with Gasteiger partial charge in [-0.15, -0.1) is 12.4 Å². The molecular weight excluding hydrogens is 498 g/mol. The molecule has 13 heteroatoms. The maximum Gasteiger partial charge on any atom is 0.119 e. The number of aliphatic hydroxyl groups is 8. The topological polar surface area (TPSA) is 174 Å². The van der Waals surface area contributed by atoms with Gasteiger partial charge < -0.3 is 45.6 Å². The van der Waals surface area contributed by atoms with Crippen LogP contribution in [-0.4, -0.2) is 122 Å². The van der Waals surface area contributed by atoms with Gasteiger partial charge in [0.25, 0.3) is 0 Å². The Hall–Kier alpha value is -0.350. The summed E-state index contributed by atoms with van der Waals surface area (Å²) >= 11 is 0. The largest absolute Gasteiger partial charge is 0.492 e. The minimum atomic E-state index is -1.62. The summed E-state index contributed by atoms with van der Waals surface area (Å²) in [4.78, 5) is 1.49. The first-order chi connectivity index (χ1) is 15.3. The lowest BCUT2D eigenvalue weighted by Crippen LogP contribution is -2.51. The van der Waals surface area contributed by atoms with Crippen molar-refractivity contribution in [1.29, 1.82) is 0 Å². The van der Waals surface area contributed by atoms with Crippen molar-refractivity contribution in [1.82, 2.24) is 4.90 Å². The van der Waals surface area contributed by atoms with E-state index in [1.54, 1.807) is 21.6 Å². The Morgan fingerprint density at radius 1 is 0.788 bits per heavy atom. The SMILES string of the molecule is Cl.OC[C@@H](O)[C@H](O)[C@H](O)CN(CCOc1ccc2c(c1)CSSC2)C[C@@H](O)[C@@H](O)[C@H](O)CO. The lowest BCUT2D eigenvalue weighted by molar-refractivity contribution is -0.101. The summed E-state index contributed by atoms with van der Waals surface area (Å²) in [5.74, 6) is 2.50. The van der Waals surface area contributed by atoms with E-state index in [2.05, 4.69) is 0 Å². The van der Waals surface area contributed by atoms with Gasteiger partial charge in [0.2, 0.25) is 0 Å². The molecule has 0 aromatic heterocycles. The summed E-state index contributed by atoms with van der Waals surface area (Å²) in [7, 11) is 3.58. The van der Waals surface area contributed by atoms with Crippen molar-refractivity contribution in [3.8, 4) is 5.75 Å². The Morgan fingerprint density at radius 2 is 1.30 bits per heavy atom. The van der Waals surface area contributed by atoms with E-state index in [9.17, 15) is 30.6 Å². The van der Waals surface area contributed by atoms with Gasteiger partial charge >= 0.3 is 0 Å². The number of ether oxygens (including phenoxy) is 1. The highest BCUT2D eigenvalue weighted by Gasteiger charge is 2.30. The van der Waals surface area contributed by atoms with Crippen molar-refractivity contribution in [2.24, 2.45) is 0 Å². The Morgan fingerprint density at radius 3 is 1.82 bits per heavy atom. The molecule has 0 aliphatic carbocycles. The summed E-state index contributed by atoms with van der Waals surface area (Å²) in [6.45, 7) is -1.55. The summed E-state index contributed by atoms with van der Waals surface area (Å²) in [5.41, 5.74) is 2.47. The summed E-state index contributed by atoms with van der Waals surface area (Å²) in [5, 5.41) is 77.3. The number of benzene rings is 1. The quantitative estimate of drug-likeness (QED) is 0.128. The summed E-state index contributed by atoms with van der Waals surface area (Å²) in [6.07, 6.45) is -9.23. The lowest BCUT2D eigenvalue weighted by Gasteiger charge is -2.32. The molecule has 0 saturated carbocycles. The van der Waals surface area contributed by atoms with Gasteiger partial charge in [-0.1, -0.05) is 27.7 Å². The second kappa shape index (κ2) is 15.6. The van der Waals surface area contributed by atoms with Crippen molar-refractivity contribution in [3.05, 3.63) is 29.3 Å². The minimum absolute atomic E-state index is 0.